The number of halogens is 3. The van der Waals surface area contributed by atoms with E-state index in [4.69, 9.17) is 0 Å². The third kappa shape index (κ3) is 5.21. The fourth-order valence-corrected chi connectivity index (χ4v) is 3.86. The SMILES string of the molecule is Cl.O=C(NCC(F)F)c1cc2cc(NC(=O)[C@@H]3NCC[C@H]3c3ccccc3)ccc2[nH]1. The van der Waals surface area contributed by atoms with Crippen LogP contribution in [0.15, 0.2) is 54.6 Å². The first kappa shape index (κ1) is 22.7. The average Bonchev–Trinajstić information content (AvgIpc) is 3.39. The second-order valence-electron chi connectivity index (χ2n) is 7.31. The fourth-order valence-electron chi connectivity index (χ4n) is 3.86. The highest BCUT2D eigenvalue weighted by molar-refractivity contribution is 6.01. The molecule has 9 heteroatoms. The number of H-pyrrole nitrogens is 1. The number of benzene rings is 2. The minimum absolute atomic E-state index is 0. The molecule has 1 aromatic heterocycles. The molecule has 4 rings (SSSR count). The van der Waals surface area contributed by atoms with Crippen molar-refractivity contribution in [3.63, 3.8) is 0 Å². The Kier molecular flexibility index (Phi) is 7.25. The molecule has 1 saturated heterocycles. The van der Waals surface area contributed by atoms with Crippen LogP contribution in [-0.2, 0) is 4.79 Å². The molecule has 164 valence electrons. The van der Waals surface area contributed by atoms with Crippen LogP contribution in [0.25, 0.3) is 10.9 Å². The van der Waals surface area contributed by atoms with Crippen LogP contribution in [0.2, 0.25) is 0 Å². The van der Waals surface area contributed by atoms with E-state index in [-0.39, 0.29) is 36.0 Å². The molecule has 2 heterocycles. The van der Waals surface area contributed by atoms with Gasteiger partial charge in [0.25, 0.3) is 12.3 Å². The van der Waals surface area contributed by atoms with Gasteiger partial charge in [0.15, 0.2) is 0 Å². The predicted molar refractivity (Wildman–Crippen MR) is 118 cm³/mol. The Labute approximate surface area is 184 Å². The zero-order chi connectivity index (χ0) is 21.1. The summed E-state index contributed by atoms with van der Waals surface area (Å²) >= 11 is 0. The topological polar surface area (TPSA) is 86.0 Å². The molecule has 1 fully saturated rings. The molecule has 0 radical (unpaired) electrons. The zero-order valence-corrected chi connectivity index (χ0v) is 17.3. The van der Waals surface area contributed by atoms with Gasteiger partial charge in [0.05, 0.1) is 12.6 Å². The smallest absolute Gasteiger partial charge is 0.267 e. The number of hydrogen-bond acceptors (Lipinski definition) is 3. The van der Waals surface area contributed by atoms with E-state index in [1.165, 1.54) is 0 Å². The second-order valence-corrected chi connectivity index (χ2v) is 7.31. The van der Waals surface area contributed by atoms with Gasteiger partial charge < -0.3 is 20.9 Å². The molecule has 0 aliphatic carbocycles. The van der Waals surface area contributed by atoms with Gasteiger partial charge in [-0.15, -0.1) is 12.4 Å². The summed E-state index contributed by atoms with van der Waals surface area (Å²) in [4.78, 5) is 27.8. The second kappa shape index (κ2) is 9.89. The fraction of sp³-hybridized carbons (Fsp3) is 0.273. The third-order valence-electron chi connectivity index (χ3n) is 5.28. The Morgan fingerprint density at radius 2 is 1.87 bits per heavy atom. The molecule has 6 nitrogen and oxygen atoms in total. The molecule has 2 amide bonds. The summed E-state index contributed by atoms with van der Waals surface area (Å²) in [5.41, 5.74) is 2.60. The normalized spacial score (nSPS) is 18.0. The van der Waals surface area contributed by atoms with Crippen molar-refractivity contribution in [2.75, 3.05) is 18.4 Å². The van der Waals surface area contributed by atoms with Crippen molar-refractivity contribution in [3.05, 3.63) is 65.9 Å². The molecule has 0 spiro atoms. The van der Waals surface area contributed by atoms with Crippen molar-refractivity contribution in [1.29, 1.82) is 0 Å². The van der Waals surface area contributed by atoms with Gasteiger partial charge in [0, 0.05) is 22.5 Å². The number of rotatable bonds is 6. The van der Waals surface area contributed by atoms with Gasteiger partial charge in [-0.1, -0.05) is 30.3 Å². The van der Waals surface area contributed by atoms with E-state index in [0.29, 0.717) is 16.6 Å². The molecule has 2 aromatic carbocycles. The summed E-state index contributed by atoms with van der Waals surface area (Å²) < 4.78 is 24.6. The number of aromatic nitrogens is 1. The van der Waals surface area contributed by atoms with Gasteiger partial charge in [0.2, 0.25) is 5.91 Å². The van der Waals surface area contributed by atoms with Crippen molar-refractivity contribution in [3.8, 4) is 0 Å². The maximum absolute atomic E-state index is 12.9. The first-order valence-electron chi connectivity index (χ1n) is 9.79. The van der Waals surface area contributed by atoms with Crippen molar-refractivity contribution in [1.82, 2.24) is 15.6 Å². The number of anilines is 1. The highest BCUT2D eigenvalue weighted by atomic mass is 35.5. The van der Waals surface area contributed by atoms with E-state index in [1.807, 2.05) is 30.3 Å². The minimum Gasteiger partial charge on any atom is -0.351 e. The van der Waals surface area contributed by atoms with Gasteiger partial charge >= 0.3 is 0 Å². The number of carbonyl (C=O) groups is 2. The Balaban J connectivity index is 0.00000272. The quantitative estimate of drug-likeness (QED) is 0.464. The van der Waals surface area contributed by atoms with Gasteiger partial charge in [0.1, 0.15) is 5.69 Å². The van der Waals surface area contributed by atoms with Crippen LogP contribution in [0.1, 0.15) is 28.4 Å². The standard InChI is InChI=1S/C22H22F2N4O2.ClH/c23-19(24)12-26-21(29)18-11-14-10-15(6-7-17(14)28-18)27-22(30)20-16(8-9-25-20)13-4-2-1-3-5-13;/h1-7,10-11,16,19-20,25,28H,8-9,12H2,(H,26,29)(H,27,30);1H/t16-,20+;/m0./s1. The monoisotopic (exact) mass is 448 g/mol. The summed E-state index contributed by atoms with van der Waals surface area (Å²) in [5.74, 6) is -0.614. The highest BCUT2D eigenvalue weighted by Gasteiger charge is 2.33. The van der Waals surface area contributed by atoms with Gasteiger partial charge in [-0.2, -0.15) is 0 Å². The average molecular weight is 449 g/mol. The first-order valence-corrected chi connectivity index (χ1v) is 9.79. The zero-order valence-electron chi connectivity index (χ0n) is 16.5. The number of hydrogen-bond donors (Lipinski definition) is 4. The van der Waals surface area contributed by atoms with Crippen LogP contribution in [0, 0.1) is 0 Å². The Hall–Kier alpha value is -2.97. The molecular formula is C22H23ClF2N4O2. The van der Waals surface area contributed by atoms with Gasteiger partial charge in [-0.05, 0) is 42.8 Å². The molecule has 1 aliphatic rings. The molecule has 2 atom stereocenters. The lowest BCUT2D eigenvalue weighted by atomic mass is 9.91. The van der Waals surface area contributed by atoms with E-state index < -0.39 is 18.9 Å². The summed E-state index contributed by atoms with van der Waals surface area (Å²) in [5, 5.41) is 9.08. The van der Waals surface area contributed by atoms with Crippen LogP contribution in [0.3, 0.4) is 0 Å². The predicted octanol–water partition coefficient (Wildman–Crippen LogP) is 3.67. The molecule has 0 unspecified atom stereocenters. The molecule has 0 saturated carbocycles. The maximum Gasteiger partial charge on any atom is 0.267 e. The maximum atomic E-state index is 12.9. The van der Waals surface area contributed by atoms with Crippen molar-refractivity contribution >= 4 is 40.8 Å². The minimum atomic E-state index is -2.61. The lowest BCUT2D eigenvalue weighted by Gasteiger charge is -2.19. The Bertz CT molecular complexity index is 1060. The summed E-state index contributed by atoms with van der Waals surface area (Å²) in [6.45, 7) is 0.0675. The summed E-state index contributed by atoms with van der Waals surface area (Å²) in [6.07, 6.45) is -1.72. The lowest BCUT2D eigenvalue weighted by Crippen LogP contribution is -2.39. The number of aromatic amines is 1. The molecule has 3 aromatic rings. The molecular weight excluding hydrogens is 426 g/mol. The third-order valence-corrected chi connectivity index (χ3v) is 5.28. The number of carbonyl (C=O) groups excluding carboxylic acids is 2. The Morgan fingerprint density at radius 1 is 1.10 bits per heavy atom. The molecule has 4 N–H and O–H groups in total. The lowest BCUT2D eigenvalue weighted by molar-refractivity contribution is -0.118. The van der Waals surface area contributed by atoms with Crippen LogP contribution < -0.4 is 16.0 Å². The first-order chi connectivity index (χ1) is 14.5. The number of alkyl halides is 2. The van der Waals surface area contributed by atoms with Crippen molar-refractivity contribution in [2.45, 2.75) is 24.8 Å². The molecule has 31 heavy (non-hydrogen) atoms. The number of fused-ring (bicyclic) bond motifs is 1. The highest BCUT2D eigenvalue weighted by Crippen LogP contribution is 2.29. The van der Waals surface area contributed by atoms with E-state index in [9.17, 15) is 18.4 Å². The van der Waals surface area contributed by atoms with E-state index in [1.54, 1.807) is 24.3 Å². The number of amides is 2. The van der Waals surface area contributed by atoms with Gasteiger partial charge in [-0.25, -0.2) is 8.78 Å². The Morgan fingerprint density at radius 3 is 2.61 bits per heavy atom. The molecule has 0 bridgehead atoms. The van der Waals surface area contributed by atoms with E-state index in [0.717, 1.165) is 18.5 Å². The van der Waals surface area contributed by atoms with Gasteiger partial charge in [-0.3, -0.25) is 9.59 Å². The number of nitrogens with one attached hydrogen (secondary N) is 4. The van der Waals surface area contributed by atoms with E-state index in [2.05, 4.69) is 20.9 Å². The van der Waals surface area contributed by atoms with Crippen LogP contribution in [0.4, 0.5) is 14.5 Å². The molecule has 1 aliphatic heterocycles. The van der Waals surface area contributed by atoms with E-state index >= 15 is 0 Å². The van der Waals surface area contributed by atoms with Crippen molar-refractivity contribution in [2.24, 2.45) is 0 Å². The van der Waals surface area contributed by atoms with Crippen LogP contribution >= 0.6 is 12.4 Å². The van der Waals surface area contributed by atoms with Crippen molar-refractivity contribution < 1.29 is 18.4 Å². The summed E-state index contributed by atoms with van der Waals surface area (Å²) in [7, 11) is 0. The summed E-state index contributed by atoms with van der Waals surface area (Å²) in [6, 6.07) is 16.4. The van der Waals surface area contributed by atoms with Crippen LogP contribution in [0.5, 0.6) is 0 Å². The largest absolute Gasteiger partial charge is 0.351 e. The van der Waals surface area contributed by atoms with Crippen LogP contribution in [-0.4, -0.2) is 42.4 Å².